The first-order valence-electron chi connectivity index (χ1n) is 5.83. The van der Waals surface area contributed by atoms with E-state index in [4.69, 9.17) is 4.74 Å². The Balaban J connectivity index is 2.13. The standard InChI is InChI=1S/C11H17N5OS2/c1-7-8(18-11(13-7)16(2)3)9-14-15-10(19-9)12-5-6-17-4/h5-6H2,1-4H3,(H,12,15). The Morgan fingerprint density at radius 3 is 2.68 bits per heavy atom. The van der Waals surface area contributed by atoms with Gasteiger partial charge in [-0.2, -0.15) is 0 Å². The predicted molar refractivity (Wildman–Crippen MR) is 80.4 cm³/mol. The van der Waals surface area contributed by atoms with E-state index in [1.54, 1.807) is 18.4 Å². The van der Waals surface area contributed by atoms with Gasteiger partial charge in [0.1, 0.15) is 0 Å². The predicted octanol–water partition coefficient (Wildman–Crippen LogP) is 2.09. The summed E-state index contributed by atoms with van der Waals surface area (Å²) >= 11 is 3.17. The number of methoxy groups -OCH3 is 1. The third-order valence-corrected chi connectivity index (χ3v) is 4.73. The molecule has 0 bridgehead atoms. The number of hydrogen-bond acceptors (Lipinski definition) is 8. The van der Waals surface area contributed by atoms with Crippen LogP contribution in [-0.2, 0) is 4.74 Å². The lowest BCUT2D eigenvalue weighted by Gasteiger charge is -2.04. The van der Waals surface area contributed by atoms with Gasteiger partial charge in [0.05, 0.1) is 17.2 Å². The number of aryl methyl sites for hydroxylation is 1. The lowest BCUT2D eigenvalue weighted by atomic mass is 10.4. The zero-order valence-corrected chi connectivity index (χ0v) is 13.1. The van der Waals surface area contributed by atoms with E-state index in [0.717, 1.165) is 32.4 Å². The molecule has 0 aliphatic heterocycles. The Kier molecular flexibility index (Phi) is 4.67. The highest BCUT2D eigenvalue weighted by atomic mass is 32.1. The van der Waals surface area contributed by atoms with Gasteiger partial charge in [0.25, 0.3) is 0 Å². The SMILES string of the molecule is COCCNc1nnc(-c2sc(N(C)C)nc2C)s1. The largest absolute Gasteiger partial charge is 0.383 e. The molecule has 0 radical (unpaired) electrons. The van der Waals surface area contributed by atoms with Crippen molar-refractivity contribution in [1.82, 2.24) is 15.2 Å². The van der Waals surface area contributed by atoms with Gasteiger partial charge in [-0.15, -0.1) is 10.2 Å². The number of nitrogens with one attached hydrogen (secondary N) is 1. The van der Waals surface area contributed by atoms with Gasteiger partial charge < -0.3 is 15.0 Å². The van der Waals surface area contributed by atoms with Gasteiger partial charge in [-0.1, -0.05) is 22.7 Å². The fourth-order valence-corrected chi connectivity index (χ4v) is 3.30. The first-order chi connectivity index (χ1) is 9.11. The Bertz CT molecular complexity index is 537. The van der Waals surface area contributed by atoms with Crippen LogP contribution in [0.25, 0.3) is 9.88 Å². The number of nitrogens with zero attached hydrogens (tertiary/aromatic N) is 4. The molecular formula is C11H17N5OS2. The van der Waals surface area contributed by atoms with E-state index in [9.17, 15) is 0 Å². The highest BCUT2D eigenvalue weighted by Crippen LogP contribution is 2.36. The van der Waals surface area contributed by atoms with Gasteiger partial charge in [-0.25, -0.2) is 4.98 Å². The van der Waals surface area contributed by atoms with Crippen LogP contribution in [0, 0.1) is 6.92 Å². The van der Waals surface area contributed by atoms with Crippen molar-refractivity contribution in [2.75, 3.05) is 44.6 Å². The summed E-state index contributed by atoms with van der Waals surface area (Å²) in [5.41, 5.74) is 0.994. The second-order valence-electron chi connectivity index (χ2n) is 4.14. The summed E-state index contributed by atoms with van der Waals surface area (Å²) in [5, 5.41) is 14.2. The summed E-state index contributed by atoms with van der Waals surface area (Å²) in [7, 11) is 5.65. The third-order valence-electron chi connectivity index (χ3n) is 2.37. The number of aromatic nitrogens is 3. The Labute approximate surface area is 120 Å². The quantitative estimate of drug-likeness (QED) is 0.824. The molecule has 2 rings (SSSR count). The van der Waals surface area contributed by atoms with Crippen molar-refractivity contribution in [2.45, 2.75) is 6.92 Å². The smallest absolute Gasteiger partial charge is 0.206 e. The number of hydrogen-bond donors (Lipinski definition) is 1. The molecular weight excluding hydrogens is 282 g/mol. The average molecular weight is 299 g/mol. The summed E-state index contributed by atoms with van der Waals surface area (Å²) in [4.78, 5) is 7.60. The second kappa shape index (κ2) is 6.27. The molecule has 2 heterocycles. The number of anilines is 2. The van der Waals surface area contributed by atoms with Crippen LogP contribution in [0.1, 0.15) is 5.69 Å². The van der Waals surface area contributed by atoms with Crippen LogP contribution in [0.5, 0.6) is 0 Å². The Morgan fingerprint density at radius 1 is 1.26 bits per heavy atom. The minimum atomic E-state index is 0.652. The molecule has 19 heavy (non-hydrogen) atoms. The fraction of sp³-hybridized carbons (Fsp3) is 0.545. The molecule has 2 aromatic rings. The monoisotopic (exact) mass is 299 g/mol. The van der Waals surface area contributed by atoms with Crippen molar-refractivity contribution in [3.63, 3.8) is 0 Å². The molecule has 2 aromatic heterocycles. The minimum Gasteiger partial charge on any atom is -0.383 e. The molecule has 0 saturated heterocycles. The van der Waals surface area contributed by atoms with Crippen molar-refractivity contribution in [2.24, 2.45) is 0 Å². The fourth-order valence-electron chi connectivity index (χ4n) is 1.42. The second-order valence-corrected chi connectivity index (χ2v) is 6.09. The van der Waals surface area contributed by atoms with Crippen LogP contribution in [0.4, 0.5) is 10.3 Å². The number of rotatable bonds is 6. The molecule has 8 heteroatoms. The maximum Gasteiger partial charge on any atom is 0.206 e. The zero-order valence-electron chi connectivity index (χ0n) is 11.4. The van der Waals surface area contributed by atoms with Crippen molar-refractivity contribution in [1.29, 1.82) is 0 Å². The van der Waals surface area contributed by atoms with Crippen LogP contribution in [-0.4, -0.2) is 49.5 Å². The molecule has 0 spiro atoms. The average Bonchev–Trinajstić information content (AvgIpc) is 2.96. The molecule has 0 aliphatic carbocycles. The van der Waals surface area contributed by atoms with Gasteiger partial charge in [0, 0.05) is 27.7 Å². The lowest BCUT2D eigenvalue weighted by molar-refractivity contribution is 0.211. The maximum absolute atomic E-state index is 4.98. The van der Waals surface area contributed by atoms with Crippen LogP contribution >= 0.6 is 22.7 Å². The highest BCUT2D eigenvalue weighted by molar-refractivity contribution is 7.25. The maximum atomic E-state index is 4.98. The molecule has 0 amide bonds. The number of thiazole rings is 1. The normalized spacial score (nSPS) is 10.7. The van der Waals surface area contributed by atoms with Crippen LogP contribution in [0.2, 0.25) is 0 Å². The van der Waals surface area contributed by atoms with Gasteiger partial charge in [0.15, 0.2) is 10.1 Å². The van der Waals surface area contributed by atoms with Crippen LogP contribution in [0.3, 0.4) is 0 Å². The van der Waals surface area contributed by atoms with Gasteiger partial charge in [0.2, 0.25) is 5.13 Å². The Hall–Kier alpha value is -1.25. The topological polar surface area (TPSA) is 63.2 Å². The molecule has 0 fully saturated rings. The molecule has 0 saturated carbocycles. The molecule has 6 nitrogen and oxygen atoms in total. The summed E-state index contributed by atoms with van der Waals surface area (Å²) in [6, 6.07) is 0. The number of ether oxygens (including phenoxy) is 1. The Morgan fingerprint density at radius 2 is 2.05 bits per heavy atom. The van der Waals surface area contributed by atoms with Gasteiger partial charge >= 0.3 is 0 Å². The lowest BCUT2D eigenvalue weighted by Crippen LogP contribution is -2.07. The molecule has 104 valence electrons. The summed E-state index contributed by atoms with van der Waals surface area (Å²) in [5.74, 6) is 0. The molecule has 0 aromatic carbocycles. The molecule has 0 unspecified atom stereocenters. The summed E-state index contributed by atoms with van der Waals surface area (Å²) in [6.45, 7) is 3.38. The summed E-state index contributed by atoms with van der Waals surface area (Å²) in [6.07, 6.45) is 0. The minimum absolute atomic E-state index is 0.652. The first kappa shape index (κ1) is 14.2. The van der Waals surface area contributed by atoms with Gasteiger partial charge in [-0.05, 0) is 6.92 Å². The molecule has 1 N–H and O–H groups in total. The third kappa shape index (κ3) is 3.40. The van der Waals surface area contributed by atoms with E-state index in [2.05, 4.69) is 20.5 Å². The van der Waals surface area contributed by atoms with Crippen molar-refractivity contribution in [3.05, 3.63) is 5.69 Å². The van der Waals surface area contributed by atoms with E-state index in [-0.39, 0.29) is 0 Å². The summed E-state index contributed by atoms with van der Waals surface area (Å²) < 4.78 is 4.98. The van der Waals surface area contributed by atoms with E-state index in [1.807, 2.05) is 25.9 Å². The van der Waals surface area contributed by atoms with Crippen LogP contribution in [0.15, 0.2) is 0 Å². The van der Waals surface area contributed by atoms with E-state index >= 15 is 0 Å². The first-order valence-corrected chi connectivity index (χ1v) is 7.46. The van der Waals surface area contributed by atoms with Crippen molar-refractivity contribution in [3.8, 4) is 9.88 Å². The molecule has 0 aliphatic rings. The highest BCUT2D eigenvalue weighted by Gasteiger charge is 2.15. The van der Waals surface area contributed by atoms with E-state index in [1.165, 1.54) is 11.3 Å². The zero-order chi connectivity index (χ0) is 13.8. The van der Waals surface area contributed by atoms with E-state index < -0.39 is 0 Å². The van der Waals surface area contributed by atoms with Crippen LogP contribution < -0.4 is 10.2 Å². The van der Waals surface area contributed by atoms with Crippen molar-refractivity contribution < 1.29 is 4.74 Å². The molecule has 0 atom stereocenters. The van der Waals surface area contributed by atoms with E-state index in [0.29, 0.717) is 6.61 Å². The van der Waals surface area contributed by atoms with Crippen molar-refractivity contribution >= 4 is 32.9 Å². The van der Waals surface area contributed by atoms with Gasteiger partial charge in [-0.3, -0.25) is 0 Å².